The summed E-state index contributed by atoms with van der Waals surface area (Å²) in [4.78, 5) is 18.6. The number of ether oxygens (including phenoxy) is 3. The van der Waals surface area contributed by atoms with E-state index in [9.17, 15) is 4.79 Å². The first-order valence-corrected chi connectivity index (χ1v) is 12.9. The van der Waals surface area contributed by atoms with Crippen LogP contribution in [-0.2, 0) is 18.6 Å². The Hall–Kier alpha value is -3.92. The third-order valence-corrected chi connectivity index (χ3v) is 7.39. The smallest absolute Gasteiger partial charge is 0.252 e. The molecule has 5 rings (SSSR count). The molecule has 0 saturated carbocycles. The quantitative estimate of drug-likeness (QED) is 0.326. The summed E-state index contributed by atoms with van der Waals surface area (Å²) < 4.78 is 18.3. The van der Waals surface area contributed by atoms with E-state index in [2.05, 4.69) is 53.1 Å². The van der Waals surface area contributed by atoms with Crippen molar-refractivity contribution in [2.24, 2.45) is 0 Å². The average molecular weight is 519 g/mol. The van der Waals surface area contributed by atoms with Crippen LogP contribution in [0.3, 0.4) is 0 Å². The Morgan fingerprint density at radius 1 is 1.11 bits per heavy atom. The summed E-state index contributed by atoms with van der Waals surface area (Å²) >= 11 is 0. The van der Waals surface area contributed by atoms with E-state index in [1.165, 1.54) is 0 Å². The monoisotopic (exact) mass is 518 g/mol. The van der Waals surface area contributed by atoms with E-state index in [-0.39, 0.29) is 23.9 Å². The van der Waals surface area contributed by atoms with Gasteiger partial charge in [0.2, 0.25) is 6.79 Å². The van der Waals surface area contributed by atoms with E-state index in [1.807, 2.05) is 47.1 Å². The summed E-state index contributed by atoms with van der Waals surface area (Å²) in [5, 5.41) is 13.8. The highest BCUT2D eigenvalue weighted by atomic mass is 16.7. The molecule has 10 heteroatoms. The van der Waals surface area contributed by atoms with E-state index < -0.39 is 0 Å². The molecule has 0 radical (unpaired) electrons. The number of methoxy groups -OCH3 is 1. The molecule has 1 aliphatic rings. The van der Waals surface area contributed by atoms with Crippen molar-refractivity contribution < 1.29 is 14.2 Å². The molecule has 0 bridgehead atoms. The molecule has 1 N–H and O–H groups in total. The Balaban J connectivity index is 1.55. The Morgan fingerprint density at radius 2 is 1.84 bits per heavy atom. The van der Waals surface area contributed by atoms with Crippen molar-refractivity contribution >= 4 is 10.9 Å². The van der Waals surface area contributed by atoms with Gasteiger partial charge in [-0.1, -0.05) is 26.0 Å². The fraction of sp³-hybridized carbons (Fsp3) is 0.429. The zero-order chi connectivity index (χ0) is 26.9. The topological polar surface area (TPSA) is 107 Å². The van der Waals surface area contributed by atoms with Crippen LogP contribution in [0.5, 0.6) is 17.2 Å². The van der Waals surface area contributed by atoms with Crippen LogP contribution in [0.25, 0.3) is 10.9 Å². The molecule has 0 amide bonds. The molecule has 1 atom stereocenters. The number of hydrogen-bond acceptors (Lipinski definition) is 8. The maximum Gasteiger partial charge on any atom is 0.252 e. The SMILES string of the molecule is CC[C@@H](c1nnnn1C(C)(C)CC)N(Cc1ccc(OC)cc1)Cc1cc2cc3c(cc2[nH]c1=O)OCO3. The summed E-state index contributed by atoms with van der Waals surface area (Å²) in [7, 11) is 1.66. The average Bonchev–Trinajstić information content (AvgIpc) is 3.59. The first-order chi connectivity index (χ1) is 18.3. The standard InChI is InChI=1S/C28H34N6O4/c1-6-23(26-30-31-32-34(26)28(3,4)7-2)33(15-18-8-10-21(36-5)11-9-18)16-20-12-19-13-24-25(38-17-37-24)14-22(19)29-27(20)35/h8-14,23H,6-7,15-17H2,1-5H3,(H,29,35)/t23-/m0/s1. The first kappa shape index (κ1) is 25.7. The number of rotatable bonds is 10. The zero-order valence-electron chi connectivity index (χ0n) is 22.5. The Kier molecular flexibility index (Phi) is 7.07. The van der Waals surface area contributed by atoms with Crippen LogP contribution in [0, 0.1) is 0 Å². The second-order valence-corrected chi connectivity index (χ2v) is 10.2. The number of benzene rings is 2. The zero-order valence-corrected chi connectivity index (χ0v) is 22.5. The van der Waals surface area contributed by atoms with Crippen LogP contribution in [0.4, 0.5) is 0 Å². The van der Waals surface area contributed by atoms with Crippen LogP contribution in [0.2, 0.25) is 0 Å². The Labute approximate surface area is 221 Å². The summed E-state index contributed by atoms with van der Waals surface area (Å²) in [5.41, 5.74) is 2.07. The number of pyridine rings is 1. The Bertz CT molecular complexity index is 1480. The number of fused-ring (bicyclic) bond motifs is 2. The van der Waals surface area contributed by atoms with Crippen LogP contribution in [0.15, 0.2) is 47.3 Å². The molecule has 38 heavy (non-hydrogen) atoms. The molecular weight excluding hydrogens is 484 g/mol. The van der Waals surface area contributed by atoms with Crippen LogP contribution in [0.1, 0.15) is 63.5 Å². The number of H-pyrrole nitrogens is 1. The van der Waals surface area contributed by atoms with Crippen LogP contribution in [-0.4, -0.2) is 44.0 Å². The fourth-order valence-corrected chi connectivity index (χ4v) is 4.81. The molecule has 3 heterocycles. The summed E-state index contributed by atoms with van der Waals surface area (Å²) in [6.07, 6.45) is 1.64. The van der Waals surface area contributed by atoms with Crippen LogP contribution >= 0.6 is 0 Å². The molecule has 200 valence electrons. The van der Waals surface area contributed by atoms with Crippen molar-refractivity contribution in [3.05, 3.63) is 69.8 Å². The van der Waals surface area contributed by atoms with E-state index in [0.717, 1.165) is 35.4 Å². The lowest BCUT2D eigenvalue weighted by molar-refractivity contribution is 0.150. The lowest BCUT2D eigenvalue weighted by atomic mass is 10.0. The van der Waals surface area contributed by atoms with E-state index in [1.54, 1.807) is 7.11 Å². The van der Waals surface area contributed by atoms with Gasteiger partial charge < -0.3 is 19.2 Å². The van der Waals surface area contributed by atoms with Gasteiger partial charge in [0.05, 0.1) is 24.2 Å². The van der Waals surface area contributed by atoms with E-state index in [0.29, 0.717) is 35.7 Å². The van der Waals surface area contributed by atoms with Crippen molar-refractivity contribution in [1.82, 2.24) is 30.1 Å². The maximum atomic E-state index is 13.3. The third kappa shape index (κ3) is 4.96. The normalized spacial score (nSPS) is 13.8. The summed E-state index contributed by atoms with van der Waals surface area (Å²) in [6, 6.07) is 13.5. The lowest BCUT2D eigenvalue weighted by Crippen LogP contribution is -2.36. The van der Waals surface area contributed by atoms with E-state index >= 15 is 0 Å². The van der Waals surface area contributed by atoms with Crippen molar-refractivity contribution in [3.8, 4) is 17.2 Å². The van der Waals surface area contributed by atoms with Gasteiger partial charge in [-0.05, 0) is 66.9 Å². The molecule has 0 fully saturated rings. The summed E-state index contributed by atoms with van der Waals surface area (Å²) in [6.45, 7) is 9.69. The van der Waals surface area contributed by atoms with Gasteiger partial charge in [-0.3, -0.25) is 9.69 Å². The number of nitrogens with zero attached hydrogens (tertiary/aromatic N) is 5. The molecule has 10 nitrogen and oxygen atoms in total. The second-order valence-electron chi connectivity index (χ2n) is 10.2. The minimum Gasteiger partial charge on any atom is -0.497 e. The second kappa shape index (κ2) is 10.4. The van der Waals surface area contributed by atoms with Crippen molar-refractivity contribution in [1.29, 1.82) is 0 Å². The highest BCUT2D eigenvalue weighted by Crippen LogP contribution is 2.36. The fourth-order valence-electron chi connectivity index (χ4n) is 4.81. The highest BCUT2D eigenvalue weighted by Gasteiger charge is 2.31. The van der Waals surface area contributed by atoms with Gasteiger partial charge in [0.1, 0.15) is 5.75 Å². The molecule has 2 aromatic carbocycles. The number of tetrazole rings is 1. The maximum absolute atomic E-state index is 13.3. The predicted molar refractivity (Wildman–Crippen MR) is 143 cm³/mol. The molecule has 1 aliphatic heterocycles. The number of nitrogens with one attached hydrogen (secondary N) is 1. The first-order valence-electron chi connectivity index (χ1n) is 12.9. The minimum absolute atomic E-state index is 0.121. The molecule has 0 saturated heterocycles. The van der Waals surface area contributed by atoms with Gasteiger partial charge >= 0.3 is 0 Å². The third-order valence-electron chi connectivity index (χ3n) is 7.39. The number of hydrogen-bond donors (Lipinski definition) is 1. The molecule has 0 unspecified atom stereocenters. The highest BCUT2D eigenvalue weighted by molar-refractivity contribution is 5.83. The van der Waals surface area contributed by atoms with Gasteiger partial charge in [0, 0.05) is 30.1 Å². The van der Waals surface area contributed by atoms with Gasteiger partial charge in [0.25, 0.3) is 5.56 Å². The van der Waals surface area contributed by atoms with Crippen LogP contribution < -0.4 is 19.8 Å². The van der Waals surface area contributed by atoms with Gasteiger partial charge in [-0.25, -0.2) is 4.68 Å². The number of aromatic nitrogens is 5. The lowest BCUT2D eigenvalue weighted by Gasteiger charge is -2.33. The van der Waals surface area contributed by atoms with E-state index in [4.69, 9.17) is 14.2 Å². The van der Waals surface area contributed by atoms with Gasteiger partial charge in [-0.15, -0.1) is 5.10 Å². The largest absolute Gasteiger partial charge is 0.497 e. The number of aromatic amines is 1. The summed E-state index contributed by atoms with van der Waals surface area (Å²) in [5.74, 6) is 2.90. The van der Waals surface area contributed by atoms with Crippen molar-refractivity contribution in [2.45, 2.75) is 65.2 Å². The van der Waals surface area contributed by atoms with Crippen molar-refractivity contribution in [3.63, 3.8) is 0 Å². The van der Waals surface area contributed by atoms with Gasteiger partial charge in [0.15, 0.2) is 17.3 Å². The van der Waals surface area contributed by atoms with Crippen molar-refractivity contribution in [2.75, 3.05) is 13.9 Å². The minimum atomic E-state index is -0.249. The molecular formula is C28H34N6O4. The Morgan fingerprint density at radius 3 is 2.53 bits per heavy atom. The molecule has 4 aromatic rings. The molecule has 0 spiro atoms. The molecule has 2 aromatic heterocycles. The molecule has 0 aliphatic carbocycles. The predicted octanol–water partition coefficient (Wildman–Crippen LogP) is 4.55. The van der Waals surface area contributed by atoms with Gasteiger partial charge in [-0.2, -0.15) is 0 Å².